The van der Waals surface area contributed by atoms with Crippen LogP contribution in [0.5, 0.6) is 5.75 Å². The van der Waals surface area contributed by atoms with Gasteiger partial charge in [0.15, 0.2) is 0 Å². The lowest BCUT2D eigenvalue weighted by Crippen LogP contribution is -2.35. The molecule has 1 fully saturated rings. The van der Waals surface area contributed by atoms with Crippen molar-refractivity contribution in [1.29, 1.82) is 0 Å². The topological polar surface area (TPSA) is 50.4 Å². The average molecular weight is 385 g/mol. The molecular formula is C22H25ClN2O2. The predicted molar refractivity (Wildman–Crippen MR) is 111 cm³/mol. The van der Waals surface area contributed by atoms with E-state index in [2.05, 4.69) is 29.3 Å². The van der Waals surface area contributed by atoms with Crippen molar-refractivity contribution in [2.75, 3.05) is 13.7 Å². The highest BCUT2D eigenvalue weighted by atomic mass is 35.5. The largest absolute Gasteiger partial charge is 0.496 e. The van der Waals surface area contributed by atoms with Crippen LogP contribution in [-0.4, -0.2) is 25.6 Å². The lowest BCUT2D eigenvalue weighted by Gasteiger charge is -2.15. The number of carbonyl (C=O) groups is 1. The van der Waals surface area contributed by atoms with Crippen LogP contribution in [0.2, 0.25) is 5.02 Å². The van der Waals surface area contributed by atoms with Crippen molar-refractivity contribution < 1.29 is 9.53 Å². The summed E-state index contributed by atoms with van der Waals surface area (Å²) in [4.78, 5) is 11.3. The minimum atomic E-state index is 0.137. The first-order chi connectivity index (χ1) is 13.0. The van der Waals surface area contributed by atoms with Gasteiger partial charge in [-0.25, -0.2) is 0 Å². The first-order valence-corrected chi connectivity index (χ1v) is 9.49. The van der Waals surface area contributed by atoms with Crippen LogP contribution in [-0.2, 0) is 11.3 Å². The molecule has 3 rings (SSSR count). The number of allylic oxidation sites excluding steroid dienone is 1. The zero-order valence-electron chi connectivity index (χ0n) is 15.8. The summed E-state index contributed by atoms with van der Waals surface area (Å²) in [5.41, 5.74) is 4.93. The number of hydrogen-bond donors (Lipinski definition) is 2. The van der Waals surface area contributed by atoms with Crippen LogP contribution in [0, 0.1) is 0 Å². The van der Waals surface area contributed by atoms with Crippen LogP contribution in [0.15, 0.2) is 43.0 Å². The van der Waals surface area contributed by atoms with Crippen LogP contribution < -0.4 is 15.4 Å². The Kier molecular flexibility index (Phi) is 6.19. The molecule has 5 heteroatoms. The molecule has 0 aromatic heterocycles. The van der Waals surface area contributed by atoms with E-state index in [-0.39, 0.29) is 11.9 Å². The quantitative estimate of drug-likeness (QED) is 0.743. The van der Waals surface area contributed by atoms with E-state index in [1.54, 1.807) is 7.11 Å². The normalized spacial score (nSPS) is 16.3. The SMILES string of the molecule is C=C(C)c1cccc(-c2ccc(CNC[C@@H]3CCC(=O)N3)c(OC)c2)c1Cl. The summed E-state index contributed by atoms with van der Waals surface area (Å²) in [6, 6.07) is 12.3. The molecule has 1 amide bonds. The van der Waals surface area contributed by atoms with Crippen LogP contribution in [0.4, 0.5) is 0 Å². The Labute approximate surface area is 165 Å². The minimum Gasteiger partial charge on any atom is -0.496 e. The Morgan fingerprint density at radius 3 is 2.85 bits per heavy atom. The third-order valence-corrected chi connectivity index (χ3v) is 5.25. The summed E-state index contributed by atoms with van der Waals surface area (Å²) in [6.45, 7) is 7.38. The fourth-order valence-corrected chi connectivity index (χ4v) is 3.75. The highest BCUT2D eigenvalue weighted by Crippen LogP contribution is 2.35. The van der Waals surface area contributed by atoms with Gasteiger partial charge >= 0.3 is 0 Å². The van der Waals surface area contributed by atoms with Crippen molar-refractivity contribution in [2.24, 2.45) is 0 Å². The highest BCUT2D eigenvalue weighted by molar-refractivity contribution is 6.35. The predicted octanol–water partition coefficient (Wildman–Crippen LogP) is 4.42. The van der Waals surface area contributed by atoms with Crippen molar-refractivity contribution >= 4 is 23.1 Å². The second-order valence-corrected chi connectivity index (χ2v) is 7.29. The molecule has 0 radical (unpaired) electrons. The van der Waals surface area contributed by atoms with Gasteiger partial charge in [-0.15, -0.1) is 0 Å². The summed E-state index contributed by atoms with van der Waals surface area (Å²) in [7, 11) is 1.67. The summed E-state index contributed by atoms with van der Waals surface area (Å²) < 4.78 is 5.59. The molecule has 27 heavy (non-hydrogen) atoms. The van der Waals surface area contributed by atoms with Crippen LogP contribution in [0.25, 0.3) is 16.7 Å². The van der Waals surface area contributed by atoms with Crippen molar-refractivity contribution in [3.8, 4) is 16.9 Å². The van der Waals surface area contributed by atoms with E-state index in [0.717, 1.165) is 46.5 Å². The van der Waals surface area contributed by atoms with E-state index < -0.39 is 0 Å². The Bertz CT molecular complexity index is 863. The van der Waals surface area contributed by atoms with Crippen molar-refractivity contribution in [3.05, 3.63) is 59.1 Å². The summed E-state index contributed by atoms with van der Waals surface area (Å²) >= 11 is 6.59. The molecule has 2 aromatic rings. The Morgan fingerprint density at radius 2 is 2.19 bits per heavy atom. The van der Waals surface area contributed by atoms with E-state index >= 15 is 0 Å². The minimum absolute atomic E-state index is 0.137. The van der Waals surface area contributed by atoms with Crippen molar-refractivity contribution in [3.63, 3.8) is 0 Å². The molecule has 1 aliphatic heterocycles. The monoisotopic (exact) mass is 384 g/mol. The van der Waals surface area contributed by atoms with Gasteiger partial charge in [0.1, 0.15) is 5.75 Å². The van der Waals surface area contributed by atoms with Crippen LogP contribution in [0.1, 0.15) is 30.9 Å². The number of hydrogen-bond acceptors (Lipinski definition) is 3. The van der Waals surface area contributed by atoms with Gasteiger partial charge in [0.05, 0.1) is 12.1 Å². The molecule has 2 N–H and O–H groups in total. The van der Waals surface area contributed by atoms with E-state index in [0.29, 0.717) is 18.0 Å². The standard InChI is InChI=1S/C22H25ClN2O2/c1-14(2)18-5-4-6-19(22(18)23)15-7-8-16(20(11-15)27-3)12-24-13-17-9-10-21(26)25-17/h4-8,11,17,24H,1,9-10,12-13H2,2-3H3,(H,25,26)/t17-/m0/s1. The molecule has 1 heterocycles. The summed E-state index contributed by atoms with van der Waals surface area (Å²) in [5.74, 6) is 0.949. The lowest BCUT2D eigenvalue weighted by atomic mass is 9.98. The average Bonchev–Trinajstić information content (AvgIpc) is 3.07. The number of carbonyl (C=O) groups excluding carboxylic acids is 1. The first kappa shape index (κ1) is 19.5. The molecule has 1 aliphatic rings. The zero-order valence-corrected chi connectivity index (χ0v) is 16.5. The number of nitrogens with one attached hydrogen (secondary N) is 2. The molecule has 0 saturated carbocycles. The first-order valence-electron chi connectivity index (χ1n) is 9.11. The van der Waals surface area contributed by atoms with Gasteiger partial charge in [-0.3, -0.25) is 4.79 Å². The molecule has 1 saturated heterocycles. The van der Waals surface area contributed by atoms with Gasteiger partial charge < -0.3 is 15.4 Å². The van der Waals surface area contributed by atoms with Gasteiger partial charge in [0, 0.05) is 36.7 Å². The molecule has 4 nitrogen and oxygen atoms in total. The fourth-order valence-electron chi connectivity index (χ4n) is 3.35. The maximum absolute atomic E-state index is 11.3. The summed E-state index contributed by atoms with van der Waals surface area (Å²) in [6.07, 6.45) is 1.51. The smallest absolute Gasteiger partial charge is 0.220 e. The van der Waals surface area contributed by atoms with Crippen LogP contribution in [0.3, 0.4) is 0 Å². The molecule has 0 unspecified atom stereocenters. The Morgan fingerprint density at radius 1 is 1.37 bits per heavy atom. The van der Waals surface area contributed by atoms with Crippen molar-refractivity contribution in [1.82, 2.24) is 10.6 Å². The van der Waals surface area contributed by atoms with Gasteiger partial charge in [0.25, 0.3) is 0 Å². The zero-order chi connectivity index (χ0) is 19.4. The van der Waals surface area contributed by atoms with Gasteiger partial charge in [-0.05, 0) is 36.1 Å². The van der Waals surface area contributed by atoms with E-state index in [4.69, 9.17) is 16.3 Å². The molecule has 1 atom stereocenters. The van der Waals surface area contributed by atoms with E-state index in [9.17, 15) is 4.79 Å². The number of rotatable bonds is 7. The third-order valence-electron chi connectivity index (χ3n) is 4.85. The summed E-state index contributed by atoms with van der Waals surface area (Å²) in [5, 5.41) is 7.07. The second-order valence-electron chi connectivity index (χ2n) is 6.91. The number of benzene rings is 2. The maximum Gasteiger partial charge on any atom is 0.220 e. The highest BCUT2D eigenvalue weighted by Gasteiger charge is 2.20. The maximum atomic E-state index is 11.3. The van der Waals surface area contributed by atoms with E-state index in [1.807, 2.05) is 31.2 Å². The Hall–Kier alpha value is -2.30. The van der Waals surface area contributed by atoms with Crippen LogP contribution >= 0.6 is 11.6 Å². The van der Waals surface area contributed by atoms with Gasteiger partial charge in [-0.2, -0.15) is 0 Å². The fraction of sp³-hybridized carbons (Fsp3) is 0.318. The Balaban J connectivity index is 1.75. The molecule has 0 spiro atoms. The molecule has 0 aliphatic carbocycles. The number of methoxy groups -OCH3 is 1. The lowest BCUT2D eigenvalue weighted by molar-refractivity contribution is -0.119. The number of halogens is 1. The van der Waals surface area contributed by atoms with Crippen molar-refractivity contribution in [2.45, 2.75) is 32.4 Å². The number of ether oxygens (including phenoxy) is 1. The van der Waals surface area contributed by atoms with Gasteiger partial charge in [-0.1, -0.05) is 48.5 Å². The molecule has 0 bridgehead atoms. The number of amides is 1. The van der Waals surface area contributed by atoms with Gasteiger partial charge in [0.2, 0.25) is 5.91 Å². The molecule has 142 valence electrons. The molecular weight excluding hydrogens is 360 g/mol. The second kappa shape index (κ2) is 8.59. The third kappa shape index (κ3) is 4.52. The molecule has 2 aromatic carbocycles. The van der Waals surface area contributed by atoms with E-state index in [1.165, 1.54) is 0 Å².